The van der Waals surface area contributed by atoms with Crippen LogP contribution in [0.4, 0.5) is 23.0 Å². The third-order valence-electron chi connectivity index (χ3n) is 5.96. The molecule has 0 saturated carbocycles. The molecule has 9 nitrogen and oxygen atoms in total. The van der Waals surface area contributed by atoms with E-state index in [4.69, 9.17) is 4.98 Å². The largest absolute Gasteiger partial charge is 0.369 e. The minimum absolute atomic E-state index is 0.283. The van der Waals surface area contributed by atoms with Gasteiger partial charge in [-0.15, -0.1) is 0 Å². The Labute approximate surface area is 203 Å². The summed E-state index contributed by atoms with van der Waals surface area (Å²) >= 11 is 0. The lowest BCUT2D eigenvalue weighted by atomic mass is 10.1. The summed E-state index contributed by atoms with van der Waals surface area (Å²) in [6, 6.07) is 13.7. The maximum absolute atomic E-state index is 11.7. The fourth-order valence-electron chi connectivity index (χ4n) is 4.00. The third kappa shape index (κ3) is 5.10. The van der Waals surface area contributed by atoms with Crippen molar-refractivity contribution in [2.45, 2.75) is 0 Å². The van der Waals surface area contributed by atoms with Crippen molar-refractivity contribution in [3.8, 4) is 11.3 Å². The highest BCUT2D eigenvalue weighted by molar-refractivity contribution is 5.99. The molecule has 2 N–H and O–H groups in total. The van der Waals surface area contributed by atoms with Crippen LogP contribution in [0.15, 0.2) is 73.7 Å². The van der Waals surface area contributed by atoms with Crippen LogP contribution in [0.1, 0.15) is 0 Å². The Morgan fingerprint density at radius 3 is 2.51 bits per heavy atom. The van der Waals surface area contributed by atoms with Crippen LogP contribution in [0, 0.1) is 0 Å². The maximum atomic E-state index is 11.7. The normalized spacial score (nSPS) is 14.0. The molecule has 3 aromatic heterocycles. The number of carbonyl (C=O) groups is 1. The van der Waals surface area contributed by atoms with E-state index in [0.29, 0.717) is 28.4 Å². The summed E-state index contributed by atoms with van der Waals surface area (Å²) in [6.45, 7) is 7.68. The van der Waals surface area contributed by atoms with E-state index in [1.165, 1.54) is 11.8 Å². The summed E-state index contributed by atoms with van der Waals surface area (Å²) in [7, 11) is 2.16. The van der Waals surface area contributed by atoms with E-state index >= 15 is 0 Å². The lowest BCUT2D eigenvalue weighted by molar-refractivity contribution is -0.111. The highest BCUT2D eigenvalue weighted by Crippen LogP contribution is 2.27. The number of nitrogens with one attached hydrogen (secondary N) is 2. The molecule has 35 heavy (non-hydrogen) atoms. The Hall–Kier alpha value is -4.37. The molecule has 0 radical (unpaired) electrons. The number of benzene rings is 1. The molecule has 1 fully saturated rings. The van der Waals surface area contributed by atoms with E-state index in [1.54, 1.807) is 30.7 Å². The molecule has 0 spiro atoms. The van der Waals surface area contributed by atoms with Crippen molar-refractivity contribution in [2.24, 2.45) is 0 Å². The molecule has 0 atom stereocenters. The average Bonchev–Trinajstić information content (AvgIpc) is 2.89. The van der Waals surface area contributed by atoms with E-state index in [0.717, 1.165) is 37.4 Å². The number of hydrogen-bond donors (Lipinski definition) is 2. The SMILES string of the molecule is C=CC(=O)Nc1ccnc(-c2ccnc3cnc(Nc4ccc(N5CCN(C)CC5)cc4)nc23)c1. The fourth-order valence-corrected chi connectivity index (χ4v) is 4.00. The predicted octanol–water partition coefficient (Wildman–Crippen LogP) is 3.71. The van der Waals surface area contributed by atoms with Gasteiger partial charge in [-0.1, -0.05) is 6.58 Å². The molecule has 4 heterocycles. The number of rotatable bonds is 6. The second-order valence-corrected chi connectivity index (χ2v) is 8.37. The molecule has 1 aliphatic heterocycles. The third-order valence-corrected chi connectivity index (χ3v) is 5.96. The van der Waals surface area contributed by atoms with Crippen LogP contribution in [0.25, 0.3) is 22.3 Å². The van der Waals surface area contributed by atoms with Crippen molar-refractivity contribution in [3.63, 3.8) is 0 Å². The van der Waals surface area contributed by atoms with Gasteiger partial charge in [0.1, 0.15) is 11.0 Å². The van der Waals surface area contributed by atoms with E-state index in [1.807, 2.05) is 18.2 Å². The highest BCUT2D eigenvalue weighted by atomic mass is 16.1. The van der Waals surface area contributed by atoms with Gasteiger partial charge in [-0.25, -0.2) is 9.97 Å². The second kappa shape index (κ2) is 9.86. The van der Waals surface area contributed by atoms with Crippen LogP contribution in [0.5, 0.6) is 0 Å². The standard InChI is InChI=1S/C26H26N8O/c1-3-24(35)30-19-8-10-27-22(16-19)21-9-11-28-23-17-29-26(32-25(21)23)31-18-4-6-20(7-5-18)34-14-12-33(2)13-15-34/h3-11,16-17H,1,12-15H2,2H3,(H,27,30,35)(H,29,31,32). The van der Waals surface area contributed by atoms with Gasteiger partial charge in [-0.2, -0.15) is 0 Å². The molecule has 1 amide bonds. The van der Waals surface area contributed by atoms with Crippen molar-refractivity contribution >= 4 is 40.0 Å². The minimum Gasteiger partial charge on any atom is -0.369 e. The molecule has 1 aromatic carbocycles. The van der Waals surface area contributed by atoms with Gasteiger partial charge in [-0.05, 0) is 55.6 Å². The number of fused-ring (bicyclic) bond motifs is 1. The zero-order valence-corrected chi connectivity index (χ0v) is 19.5. The number of pyridine rings is 2. The van der Waals surface area contributed by atoms with Crippen molar-refractivity contribution in [1.29, 1.82) is 0 Å². The quantitative estimate of drug-likeness (QED) is 0.415. The first-order chi connectivity index (χ1) is 17.1. The summed E-state index contributed by atoms with van der Waals surface area (Å²) in [5.41, 5.74) is 5.52. The van der Waals surface area contributed by atoms with Crippen molar-refractivity contribution in [3.05, 3.63) is 73.7 Å². The zero-order valence-electron chi connectivity index (χ0n) is 19.5. The topological polar surface area (TPSA) is 99.2 Å². The number of amides is 1. The Morgan fingerprint density at radius 1 is 0.971 bits per heavy atom. The molecule has 5 rings (SSSR count). The van der Waals surface area contributed by atoms with E-state index < -0.39 is 0 Å². The number of anilines is 4. The fraction of sp³-hybridized carbons (Fsp3) is 0.192. The number of piperazine rings is 1. The molecule has 9 heteroatoms. The van der Waals surface area contributed by atoms with Gasteiger partial charge in [0.15, 0.2) is 0 Å². The number of aromatic nitrogens is 4. The first-order valence-electron chi connectivity index (χ1n) is 11.4. The smallest absolute Gasteiger partial charge is 0.247 e. The predicted molar refractivity (Wildman–Crippen MR) is 139 cm³/mol. The monoisotopic (exact) mass is 466 g/mol. The van der Waals surface area contributed by atoms with Gasteiger partial charge >= 0.3 is 0 Å². The second-order valence-electron chi connectivity index (χ2n) is 8.37. The average molecular weight is 467 g/mol. The molecule has 1 saturated heterocycles. The van der Waals surface area contributed by atoms with Crippen LogP contribution in [0.3, 0.4) is 0 Å². The van der Waals surface area contributed by atoms with E-state index in [9.17, 15) is 4.79 Å². The molecular formula is C26H26N8O. The van der Waals surface area contributed by atoms with Gasteiger partial charge < -0.3 is 20.4 Å². The van der Waals surface area contributed by atoms with Gasteiger partial charge in [-0.3, -0.25) is 14.8 Å². The molecular weight excluding hydrogens is 440 g/mol. The highest BCUT2D eigenvalue weighted by Gasteiger charge is 2.14. The number of carbonyl (C=O) groups excluding carboxylic acids is 1. The molecule has 1 aliphatic rings. The molecule has 4 aromatic rings. The Bertz CT molecular complexity index is 1360. The van der Waals surface area contributed by atoms with Crippen molar-refractivity contribution < 1.29 is 4.79 Å². The van der Waals surface area contributed by atoms with Crippen LogP contribution in [-0.4, -0.2) is 64.0 Å². The summed E-state index contributed by atoms with van der Waals surface area (Å²) in [6.07, 6.45) is 6.26. The van der Waals surface area contributed by atoms with Crippen molar-refractivity contribution in [1.82, 2.24) is 24.8 Å². The minimum atomic E-state index is -0.283. The number of hydrogen-bond acceptors (Lipinski definition) is 8. The van der Waals surface area contributed by atoms with Gasteiger partial charge in [0.05, 0.1) is 11.9 Å². The van der Waals surface area contributed by atoms with Crippen LogP contribution in [0.2, 0.25) is 0 Å². The van der Waals surface area contributed by atoms with E-state index in [2.05, 4.69) is 61.1 Å². The van der Waals surface area contributed by atoms with Crippen LogP contribution in [-0.2, 0) is 4.79 Å². The number of nitrogens with zero attached hydrogens (tertiary/aromatic N) is 6. The summed E-state index contributed by atoms with van der Waals surface area (Å²) in [5.74, 6) is 0.185. The zero-order chi connectivity index (χ0) is 24.2. The van der Waals surface area contributed by atoms with Gasteiger partial charge in [0.25, 0.3) is 0 Å². The lowest BCUT2D eigenvalue weighted by Gasteiger charge is -2.34. The Kier molecular flexibility index (Phi) is 6.32. The van der Waals surface area contributed by atoms with Crippen molar-refractivity contribution in [2.75, 3.05) is 48.8 Å². The molecule has 0 bridgehead atoms. The first-order valence-corrected chi connectivity index (χ1v) is 11.4. The van der Waals surface area contributed by atoms with Crippen LogP contribution < -0.4 is 15.5 Å². The van der Waals surface area contributed by atoms with E-state index in [-0.39, 0.29) is 5.91 Å². The molecule has 0 unspecified atom stereocenters. The van der Waals surface area contributed by atoms with Crippen LogP contribution >= 0.6 is 0 Å². The summed E-state index contributed by atoms with van der Waals surface area (Å²) in [4.78, 5) is 34.5. The van der Waals surface area contributed by atoms with Gasteiger partial charge in [0.2, 0.25) is 11.9 Å². The maximum Gasteiger partial charge on any atom is 0.247 e. The first kappa shape index (κ1) is 22.4. The molecule has 0 aliphatic carbocycles. The summed E-state index contributed by atoms with van der Waals surface area (Å²) < 4.78 is 0. The Morgan fingerprint density at radius 2 is 1.74 bits per heavy atom. The lowest BCUT2D eigenvalue weighted by Crippen LogP contribution is -2.44. The Balaban J connectivity index is 1.39. The summed E-state index contributed by atoms with van der Waals surface area (Å²) in [5, 5.41) is 6.05. The van der Waals surface area contributed by atoms with Gasteiger partial charge in [0, 0.05) is 61.2 Å². The molecule has 176 valence electrons. The number of likely N-dealkylation sites (N-methyl/N-ethyl adjacent to an activating group) is 1.